The molecule has 24 heavy (non-hydrogen) atoms. The van der Waals surface area contributed by atoms with Crippen LogP contribution in [0.25, 0.3) is 0 Å². The Balaban J connectivity index is 2.54. The lowest BCUT2D eigenvalue weighted by atomic mass is 9.91. The lowest BCUT2D eigenvalue weighted by Crippen LogP contribution is -2.01. The molecule has 0 spiro atoms. The van der Waals surface area contributed by atoms with Crippen LogP contribution in [0.5, 0.6) is 34.5 Å². The van der Waals surface area contributed by atoms with Crippen molar-refractivity contribution in [2.75, 3.05) is 28.4 Å². The van der Waals surface area contributed by atoms with Gasteiger partial charge in [-0.3, -0.25) is 0 Å². The minimum Gasteiger partial charge on any atom is -0.508 e. The van der Waals surface area contributed by atoms with E-state index in [0.717, 1.165) is 5.56 Å². The van der Waals surface area contributed by atoms with Gasteiger partial charge in [-0.2, -0.15) is 0 Å². The van der Waals surface area contributed by atoms with Gasteiger partial charge in [-0.15, -0.1) is 0 Å². The van der Waals surface area contributed by atoms with E-state index in [-0.39, 0.29) is 23.2 Å². The summed E-state index contributed by atoms with van der Waals surface area (Å²) in [4.78, 5) is 0. The fourth-order valence-corrected chi connectivity index (χ4v) is 2.62. The van der Waals surface area contributed by atoms with Gasteiger partial charge in [0.25, 0.3) is 0 Å². The first-order valence-corrected chi connectivity index (χ1v) is 7.36. The molecule has 0 aliphatic heterocycles. The van der Waals surface area contributed by atoms with Crippen LogP contribution in [0, 0.1) is 0 Å². The maximum Gasteiger partial charge on any atom is 0.203 e. The molecule has 2 aromatic carbocycles. The molecule has 0 aliphatic rings. The highest BCUT2D eigenvalue weighted by Crippen LogP contribution is 2.44. The van der Waals surface area contributed by atoms with Crippen LogP contribution in [0.2, 0.25) is 0 Å². The average molecular weight is 334 g/mol. The molecule has 0 amide bonds. The van der Waals surface area contributed by atoms with Crippen LogP contribution in [-0.4, -0.2) is 38.7 Å². The van der Waals surface area contributed by atoms with Crippen LogP contribution in [0.1, 0.15) is 24.0 Å². The molecule has 0 aliphatic carbocycles. The molecule has 2 aromatic rings. The number of rotatable bonds is 6. The standard InChI is InChI=1S/C18H22O6/c1-10(12-8-14(20)15(21-2)9-13(12)19)11-6-16(22-3)18(24-5)17(7-11)23-4/h6-10,19-20H,1-5H3/t10-/m1/s1. The van der Waals surface area contributed by atoms with Crippen molar-refractivity contribution in [1.29, 1.82) is 0 Å². The van der Waals surface area contributed by atoms with Crippen LogP contribution in [-0.2, 0) is 0 Å². The molecule has 0 unspecified atom stereocenters. The van der Waals surface area contributed by atoms with Gasteiger partial charge in [0.1, 0.15) is 5.75 Å². The molecule has 6 heteroatoms. The number of benzene rings is 2. The number of hydrogen-bond acceptors (Lipinski definition) is 6. The van der Waals surface area contributed by atoms with E-state index in [1.54, 1.807) is 14.2 Å². The number of aromatic hydroxyl groups is 2. The van der Waals surface area contributed by atoms with E-state index >= 15 is 0 Å². The van der Waals surface area contributed by atoms with Gasteiger partial charge in [0.05, 0.1) is 28.4 Å². The average Bonchev–Trinajstić information content (AvgIpc) is 2.61. The third-order valence-electron chi connectivity index (χ3n) is 3.98. The van der Waals surface area contributed by atoms with Gasteiger partial charge in [-0.25, -0.2) is 0 Å². The number of phenolic OH excluding ortho intramolecular Hbond substituents is 2. The summed E-state index contributed by atoms with van der Waals surface area (Å²) in [7, 11) is 6.05. The lowest BCUT2D eigenvalue weighted by molar-refractivity contribution is 0.323. The molecule has 0 radical (unpaired) electrons. The van der Waals surface area contributed by atoms with Crippen molar-refractivity contribution in [1.82, 2.24) is 0 Å². The Morgan fingerprint density at radius 2 is 1.25 bits per heavy atom. The summed E-state index contributed by atoms with van der Waals surface area (Å²) < 4.78 is 21.0. The van der Waals surface area contributed by atoms with E-state index in [1.165, 1.54) is 26.4 Å². The predicted molar refractivity (Wildman–Crippen MR) is 89.9 cm³/mol. The SMILES string of the molecule is COc1cc(O)c([C@H](C)c2cc(OC)c(OC)c(OC)c2)cc1O. The largest absolute Gasteiger partial charge is 0.508 e. The van der Waals surface area contributed by atoms with Crippen LogP contribution >= 0.6 is 0 Å². The third kappa shape index (κ3) is 3.13. The molecular formula is C18H22O6. The van der Waals surface area contributed by atoms with Gasteiger partial charge >= 0.3 is 0 Å². The third-order valence-corrected chi connectivity index (χ3v) is 3.98. The van der Waals surface area contributed by atoms with E-state index in [2.05, 4.69) is 0 Å². The second-order valence-corrected chi connectivity index (χ2v) is 5.26. The minimum atomic E-state index is -0.226. The summed E-state index contributed by atoms with van der Waals surface area (Å²) in [5, 5.41) is 20.2. The van der Waals surface area contributed by atoms with Crippen molar-refractivity contribution in [3.8, 4) is 34.5 Å². The summed E-state index contributed by atoms with van der Waals surface area (Å²) >= 11 is 0. The zero-order valence-electron chi connectivity index (χ0n) is 14.4. The van der Waals surface area contributed by atoms with Crippen molar-refractivity contribution in [2.24, 2.45) is 0 Å². The van der Waals surface area contributed by atoms with E-state index in [9.17, 15) is 10.2 Å². The molecule has 2 N–H and O–H groups in total. The number of ether oxygens (including phenoxy) is 4. The van der Waals surface area contributed by atoms with Gasteiger partial charge in [0.15, 0.2) is 23.0 Å². The Hall–Kier alpha value is -2.76. The Morgan fingerprint density at radius 1 is 0.708 bits per heavy atom. The Morgan fingerprint density at radius 3 is 1.71 bits per heavy atom. The summed E-state index contributed by atoms with van der Waals surface area (Å²) in [5.74, 6) is 1.53. The van der Waals surface area contributed by atoms with Gasteiger partial charge in [-0.05, 0) is 23.8 Å². The van der Waals surface area contributed by atoms with E-state index in [1.807, 2.05) is 19.1 Å². The summed E-state index contributed by atoms with van der Waals surface area (Å²) in [6, 6.07) is 6.50. The topological polar surface area (TPSA) is 77.4 Å². The summed E-state index contributed by atoms with van der Waals surface area (Å²) in [6.07, 6.45) is 0. The van der Waals surface area contributed by atoms with Crippen LogP contribution in [0.3, 0.4) is 0 Å². The normalized spacial score (nSPS) is 11.7. The van der Waals surface area contributed by atoms with Gasteiger partial charge in [0, 0.05) is 17.5 Å². The molecule has 0 saturated carbocycles. The highest BCUT2D eigenvalue weighted by atomic mass is 16.5. The molecule has 0 aromatic heterocycles. The van der Waals surface area contributed by atoms with Crippen molar-refractivity contribution in [3.63, 3.8) is 0 Å². The Labute approximate surface area is 141 Å². The first kappa shape index (κ1) is 17.6. The van der Waals surface area contributed by atoms with E-state index in [4.69, 9.17) is 18.9 Å². The van der Waals surface area contributed by atoms with Crippen LogP contribution in [0.15, 0.2) is 24.3 Å². The number of phenols is 2. The van der Waals surface area contributed by atoms with E-state index in [0.29, 0.717) is 22.8 Å². The highest BCUT2D eigenvalue weighted by molar-refractivity contribution is 5.58. The fraction of sp³-hybridized carbons (Fsp3) is 0.333. The molecule has 0 saturated heterocycles. The van der Waals surface area contributed by atoms with Crippen LogP contribution in [0.4, 0.5) is 0 Å². The van der Waals surface area contributed by atoms with Crippen molar-refractivity contribution in [3.05, 3.63) is 35.4 Å². The smallest absolute Gasteiger partial charge is 0.203 e. The van der Waals surface area contributed by atoms with Crippen molar-refractivity contribution in [2.45, 2.75) is 12.8 Å². The van der Waals surface area contributed by atoms with Gasteiger partial charge in [0.2, 0.25) is 5.75 Å². The molecule has 0 bridgehead atoms. The number of hydrogen-bond donors (Lipinski definition) is 2. The van der Waals surface area contributed by atoms with E-state index < -0.39 is 0 Å². The summed E-state index contributed by atoms with van der Waals surface area (Å²) in [6.45, 7) is 1.90. The van der Waals surface area contributed by atoms with Crippen molar-refractivity contribution < 1.29 is 29.2 Å². The minimum absolute atomic E-state index is 0.0332. The highest BCUT2D eigenvalue weighted by Gasteiger charge is 2.20. The molecular weight excluding hydrogens is 312 g/mol. The molecule has 6 nitrogen and oxygen atoms in total. The number of methoxy groups -OCH3 is 4. The zero-order valence-corrected chi connectivity index (χ0v) is 14.4. The van der Waals surface area contributed by atoms with Gasteiger partial charge in [-0.1, -0.05) is 6.92 Å². The zero-order chi connectivity index (χ0) is 17.9. The monoisotopic (exact) mass is 334 g/mol. The van der Waals surface area contributed by atoms with Crippen molar-refractivity contribution >= 4 is 0 Å². The maximum atomic E-state index is 10.3. The second kappa shape index (κ2) is 7.21. The second-order valence-electron chi connectivity index (χ2n) is 5.26. The van der Waals surface area contributed by atoms with Crippen LogP contribution < -0.4 is 18.9 Å². The molecule has 2 rings (SSSR count). The Bertz CT molecular complexity index is 701. The lowest BCUT2D eigenvalue weighted by Gasteiger charge is -2.19. The molecule has 0 fully saturated rings. The first-order chi connectivity index (χ1) is 11.5. The predicted octanol–water partition coefficient (Wildman–Crippen LogP) is 3.28. The fourth-order valence-electron chi connectivity index (χ4n) is 2.62. The van der Waals surface area contributed by atoms with Gasteiger partial charge < -0.3 is 29.2 Å². The molecule has 1 atom stereocenters. The summed E-state index contributed by atoms with van der Waals surface area (Å²) in [5.41, 5.74) is 1.40. The molecule has 0 heterocycles. The molecule has 130 valence electrons. The quantitative estimate of drug-likeness (QED) is 0.790. The Kier molecular flexibility index (Phi) is 5.28. The maximum absolute atomic E-state index is 10.3. The first-order valence-electron chi connectivity index (χ1n) is 7.36.